The van der Waals surface area contributed by atoms with Gasteiger partial charge in [-0.05, 0) is 28.1 Å². The van der Waals surface area contributed by atoms with E-state index in [4.69, 9.17) is 5.26 Å². The number of benzene rings is 1. The first-order valence-electron chi connectivity index (χ1n) is 3.62. The summed E-state index contributed by atoms with van der Waals surface area (Å²) in [6.45, 7) is 0. The predicted molar refractivity (Wildman–Crippen MR) is 58.6 cm³/mol. The number of alkyl halides is 1. The third-order valence-corrected chi connectivity index (χ3v) is 2.74. The molecular formula is C9H5Br2NO2. The molecule has 0 saturated heterocycles. The number of hydrogen-bond donors (Lipinski definition) is 1. The van der Waals surface area contributed by atoms with Crippen LogP contribution in [-0.2, 0) is 0 Å². The van der Waals surface area contributed by atoms with Gasteiger partial charge in [0.2, 0.25) is 0 Å². The lowest BCUT2D eigenvalue weighted by Crippen LogP contribution is -2.00. The van der Waals surface area contributed by atoms with Gasteiger partial charge in [0.15, 0.2) is 5.78 Å². The molecule has 0 aliphatic heterocycles. The van der Waals surface area contributed by atoms with Gasteiger partial charge in [-0.3, -0.25) is 4.79 Å². The summed E-state index contributed by atoms with van der Waals surface area (Å²) in [7, 11) is 0. The number of hydrogen-bond acceptors (Lipinski definition) is 3. The zero-order valence-electron chi connectivity index (χ0n) is 6.92. The number of halogens is 2. The van der Waals surface area contributed by atoms with Gasteiger partial charge in [0.1, 0.15) is 11.8 Å². The van der Waals surface area contributed by atoms with Crippen molar-refractivity contribution in [3.05, 3.63) is 27.7 Å². The highest BCUT2D eigenvalue weighted by molar-refractivity contribution is 9.10. The normalized spacial score (nSPS) is 9.50. The number of carbonyl (C=O) groups excluding carboxylic acids is 1. The van der Waals surface area contributed by atoms with Crippen LogP contribution in [0.5, 0.6) is 5.75 Å². The van der Waals surface area contributed by atoms with Crippen molar-refractivity contribution < 1.29 is 9.90 Å². The van der Waals surface area contributed by atoms with Gasteiger partial charge in [0.25, 0.3) is 0 Å². The summed E-state index contributed by atoms with van der Waals surface area (Å²) < 4.78 is 0.348. The van der Waals surface area contributed by atoms with Crippen molar-refractivity contribution >= 4 is 37.6 Å². The van der Waals surface area contributed by atoms with Gasteiger partial charge in [-0.25, -0.2) is 0 Å². The molecule has 0 saturated carbocycles. The van der Waals surface area contributed by atoms with E-state index in [0.717, 1.165) is 0 Å². The molecule has 0 heterocycles. The first kappa shape index (κ1) is 11.2. The number of phenolic OH excluding ortho intramolecular Hbond substituents is 1. The number of rotatable bonds is 2. The van der Waals surface area contributed by atoms with Crippen molar-refractivity contribution in [1.29, 1.82) is 5.26 Å². The van der Waals surface area contributed by atoms with Crippen LogP contribution in [-0.4, -0.2) is 16.2 Å². The molecule has 14 heavy (non-hydrogen) atoms. The van der Waals surface area contributed by atoms with Crippen molar-refractivity contribution in [1.82, 2.24) is 0 Å². The molecule has 0 atom stereocenters. The fourth-order valence-corrected chi connectivity index (χ4v) is 1.71. The Hall–Kier alpha value is -0.860. The zero-order valence-corrected chi connectivity index (χ0v) is 10.1. The topological polar surface area (TPSA) is 61.1 Å². The van der Waals surface area contributed by atoms with E-state index >= 15 is 0 Å². The van der Waals surface area contributed by atoms with Gasteiger partial charge >= 0.3 is 0 Å². The van der Waals surface area contributed by atoms with Gasteiger partial charge in [0.05, 0.1) is 15.4 Å². The number of nitriles is 1. The maximum Gasteiger partial charge on any atom is 0.173 e. The number of Topliss-reactive ketones (excluding diaryl/α,β-unsaturated/α-hetero) is 1. The lowest BCUT2D eigenvalue weighted by molar-refractivity contribution is 0.102. The second-order valence-corrected chi connectivity index (χ2v) is 3.94. The van der Waals surface area contributed by atoms with E-state index in [1.165, 1.54) is 12.1 Å². The Bertz CT molecular complexity index is 424. The second kappa shape index (κ2) is 4.58. The molecule has 1 aromatic carbocycles. The van der Waals surface area contributed by atoms with Gasteiger partial charge < -0.3 is 5.11 Å². The van der Waals surface area contributed by atoms with Gasteiger partial charge in [0, 0.05) is 5.56 Å². The minimum absolute atomic E-state index is 0.0867. The average Bonchev–Trinajstić information content (AvgIpc) is 2.20. The van der Waals surface area contributed by atoms with Gasteiger partial charge in [-0.1, -0.05) is 15.9 Å². The molecular weight excluding hydrogens is 314 g/mol. The van der Waals surface area contributed by atoms with Crippen LogP contribution in [0.25, 0.3) is 0 Å². The minimum atomic E-state index is -0.140. The fourth-order valence-electron chi connectivity index (χ4n) is 0.922. The van der Waals surface area contributed by atoms with Crippen LogP contribution in [0.2, 0.25) is 0 Å². The molecule has 5 heteroatoms. The van der Waals surface area contributed by atoms with E-state index in [1.54, 1.807) is 0 Å². The molecule has 0 spiro atoms. The van der Waals surface area contributed by atoms with Crippen LogP contribution in [0.15, 0.2) is 16.6 Å². The van der Waals surface area contributed by atoms with E-state index < -0.39 is 0 Å². The molecule has 0 bridgehead atoms. The highest BCUT2D eigenvalue weighted by atomic mass is 79.9. The lowest BCUT2D eigenvalue weighted by atomic mass is 10.1. The molecule has 0 amide bonds. The Labute approximate surface area is 97.6 Å². The number of ketones is 1. The van der Waals surface area contributed by atoms with Crippen LogP contribution in [0, 0.1) is 11.3 Å². The summed E-state index contributed by atoms with van der Waals surface area (Å²) >= 11 is 6.10. The molecule has 0 radical (unpaired) electrons. The Morgan fingerprint density at radius 1 is 1.57 bits per heavy atom. The molecule has 0 fully saturated rings. The molecule has 0 aliphatic rings. The van der Waals surface area contributed by atoms with Crippen molar-refractivity contribution in [2.24, 2.45) is 0 Å². The minimum Gasteiger partial charge on any atom is -0.505 e. The summed E-state index contributed by atoms with van der Waals surface area (Å²) in [5.74, 6) is -0.277. The predicted octanol–water partition coefficient (Wildman–Crippen LogP) is 2.60. The molecule has 72 valence electrons. The Morgan fingerprint density at radius 2 is 2.21 bits per heavy atom. The highest BCUT2D eigenvalue weighted by Crippen LogP contribution is 2.29. The highest BCUT2D eigenvalue weighted by Gasteiger charge is 2.11. The third-order valence-electron chi connectivity index (χ3n) is 1.63. The first-order valence-corrected chi connectivity index (χ1v) is 5.53. The van der Waals surface area contributed by atoms with E-state index in [9.17, 15) is 9.90 Å². The maximum atomic E-state index is 11.3. The van der Waals surface area contributed by atoms with Gasteiger partial charge in [-0.2, -0.15) is 5.26 Å². The van der Waals surface area contributed by atoms with Crippen LogP contribution in [0.3, 0.4) is 0 Å². The van der Waals surface area contributed by atoms with E-state index in [2.05, 4.69) is 31.9 Å². The molecule has 3 nitrogen and oxygen atoms in total. The summed E-state index contributed by atoms with van der Waals surface area (Å²) in [6, 6.07) is 4.66. The number of carbonyl (C=O) groups is 1. The third kappa shape index (κ3) is 2.14. The molecule has 1 N–H and O–H groups in total. The molecule has 0 aliphatic carbocycles. The van der Waals surface area contributed by atoms with Crippen molar-refractivity contribution in [2.45, 2.75) is 0 Å². The number of nitrogens with zero attached hydrogens (tertiary/aromatic N) is 1. The van der Waals surface area contributed by atoms with Crippen LogP contribution in [0.4, 0.5) is 0 Å². The summed E-state index contributed by atoms with van der Waals surface area (Å²) in [5, 5.41) is 18.2. The number of aromatic hydroxyl groups is 1. The van der Waals surface area contributed by atoms with Crippen molar-refractivity contribution in [3.63, 3.8) is 0 Å². The largest absolute Gasteiger partial charge is 0.505 e. The molecule has 0 unspecified atom stereocenters. The van der Waals surface area contributed by atoms with Crippen LogP contribution in [0.1, 0.15) is 15.9 Å². The summed E-state index contributed by atoms with van der Waals surface area (Å²) in [5.41, 5.74) is 0.478. The van der Waals surface area contributed by atoms with E-state index in [1.807, 2.05) is 6.07 Å². The summed E-state index contributed by atoms with van der Waals surface area (Å²) in [6.07, 6.45) is 0. The van der Waals surface area contributed by atoms with E-state index in [0.29, 0.717) is 10.0 Å². The van der Waals surface area contributed by atoms with Gasteiger partial charge in [-0.15, -0.1) is 0 Å². The standard InChI is InChI=1S/C9H5Br2NO2/c10-3-8(13)5-1-6(4-12)9(14)7(11)2-5/h1-2,14H,3H2. The smallest absolute Gasteiger partial charge is 0.173 e. The molecule has 1 aromatic rings. The van der Waals surface area contributed by atoms with E-state index in [-0.39, 0.29) is 22.4 Å². The second-order valence-electron chi connectivity index (χ2n) is 2.52. The quantitative estimate of drug-likeness (QED) is 0.673. The Morgan fingerprint density at radius 3 is 2.71 bits per heavy atom. The molecule has 0 aromatic heterocycles. The van der Waals surface area contributed by atoms with Crippen LogP contribution >= 0.6 is 31.9 Å². The monoisotopic (exact) mass is 317 g/mol. The molecule has 1 rings (SSSR count). The van der Waals surface area contributed by atoms with Crippen LogP contribution < -0.4 is 0 Å². The zero-order chi connectivity index (χ0) is 10.7. The summed E-state index contributed by atoms with van der Waals surface area (Å²) in [4.78, 5) is 11.3. The van der Waals surface area contributed by atoms with Crippen molar-refractivity contribution in [3.8, 4) is 11.8 Å². The first-order chi connectivity index (χ1) is 6.60. The average molecular weight is 319 g/mol. The Kier molecular flexibility index (Phi) is 3.67. The Balaban J connectivity index is 3.32. The lowest BCUT2D eigenvalue weighted by Gasteiger charge is -2.02. The van der Waals surface area contributed by atoms with Crippen molar-refractivity contribution in [2.75, 3.05) is 5.33 Å². The maximum absolute atomic E-state index is 11.3. The number of phenols is 1. The fraction of sp³-hybridized carbons (Fsp3) is 0.111. The SMILES string of the molecule is N#Cc1cc(C(=O)CBr)cc(Br)c1O.